The Morgan fingerprint density at radius 2 is 2.07 bits per heavy atom. The number of anilines is 1. The van der Waals surface area contributed by atoms with Crippen LogP contribution in [0.15, 0.2) is 16.7 Å². The second-order valence-electron chi connectivity index (χ2n) is 3.76. The molecule has 0 amide bonds. The molecule has 0 aromatic carbocycles. The Bertz CT molecular complexity index is 359. The van der Waals surface area contributed by atoms with Crippen molar-refractivity contribution in [2.24, 2.45) is 0 Å². The fourth-order valence-electron chi connectivity index (χ4n) is 1.92. The van der Waals surface area contributed by atoms with Gasteiger partial charge in [-0.3, -0.25) is 0 Å². The van der Waals surface area contributed by atoms with Crippen molar-refractivity contribution in [3.8, 4) is 0 Å². The van der Waals surface area contributed by atoms with Crippen LogP contribution >= 0.6 is 15.9 Å². The number of rotatable bonds is 2. The Morgan fingerprint density at radius 1 is 1.33 bits per heavy atom. The Hall–Kier alpha value is -0.900. The van der Waals surface area contributed by atoms with Crippen LogP contribution in [0.3, 0.4) is 0 Å². The molecule has 3 nitrogen and oxygen atoms in total. The first-order valence-corrected chi connectivity index (χ1v) is 6.01. The van der Waals surface area contributed by atoms with Crippen molar-refractivity contribution in [2.75, 3.05) is 18.0 Å². The summed E-state index contributed by atoms with van der Waals surface area (Å²) in [6.45, 7) is 2.13. The van der Waals surface area contributed by atoms with Gasteiger partial charge in [0, 0.05) is 35.5 Å². The van der Waals surface area contributed by atoms with Crippen molar-refractivity contribution in [2.45, 2.75) is 19.3 Å². The van der Waals surface area contributed by atoms with Crippen molar-refractivity contribution in [3.63, 3.8) is 0 Å². The molecule has 2 rings (SSSR count). The van der Waals surface area contributed by atoms with Crippen LogP contribution in [0.25, 0.3) is 0 Å². The summed E-state index contributed by atoms with van der Waals surface area (Å²) in [4.78, 5) is 6.67. The summed E-state index contributed by atoms with van der Waals surface area (Å²) in [6.07, 6.45) is 6.95. The van der Waals surface area contributed by atoms with Crippen molar-refractivity contribution < 1.29 is 0 Å². The number of piperidine rings is 1. The summed E-state index contributed by atoms with van der Waals surface area (Å²) >= 11 is 3.38. The summed E-state index contributed by atoms with van der Waals surface area (Å²) < 4.78 is 0.932. The molecule has 1 fully saturated rings. The van der Waals surface area contributed by atoms with E-state index >= 15 is 0 Å². The Balaban J connectivity index is 2.29. The fourth-order valence-corrected chi connectivity index (χ4v) is 2.27. The zero-order chi connectivity index (χ0) is 10.7. The maximum Gasteiger partial charge on any atom is 0.137 e. The van der Waals surface area contributed by atoms with Gasteiger partial charge in [0.15, 0.2) is 0 Å². The van der Waals surface area contributed by atoms with Crippen LogP contribution in [0.4, 0.5) is 5.82 Å². The third-order valence-electron chi connectivity index (χ3n) is 2.67. The average molecular weight is 268 g/mol. The van der Waals surface area contributed by atoms with Crippen LogP contribution in [0.2, 0.25) is 0 Å². The van der Waals surface area contributed by atoms with E-state index in [0.29, 0.717) is 0 Å². The predicted molar refractivity (Wildman–Crippen MR) is 65.9 cm³/mol. The van der Waals surface area contributed by atoms with Crippen LogP contribution in [0.1, 0.15) is 24.8 Å². The summed E-state index contributed by atoms with van der Waals surface area (Å²) in [7, 11) is 0. The summed E-state index contributed by atoms with van der Waals surface area (Å²) in [5, 5.41) is 7.39. The van der Waals surface area contributed by atoms with Crippen molar-refractivity contribution in [1.82, 2.24) is 4.98 Å². The molecule has 1 aliphatic rings. The maximum atomic E-state index is 7.39. The largest absolute Gasteiger partial charge is 0.356 e. The molecule has 0 saturated carbocycles. The van der Waals surface area contributed by atoms with Gasteiger partial charge in [-0.25, -0.2) is 4.98 Å². The van der Waals surface area contributed by atoms with Gasteiger partial charge < -0.3 is 10.3 Å². The van der Waals surface area contributed by atoms with Gasteiger partial charge in [-0.05, 0) is 41.3 Å². The van der Waals surface area contributed by atoms with Gasteiger partial charge in [-0.2, -0.15) is 0 Å². The highest BCUT2D eigenvalue weighted by Crippen LogP contribution is 2.23. The van der Waals surface area contributed by atoms with Crippen molar-refractivity contribution in [3.05, 3.63) is 22.3 Å². The predicted octanol–water partition coefficient (Wildman–Crippen LogP) is 2.83. The minimum atomic E-state index is 0.895. The number of nitrogens with zero attached hydrogens (tertiary/aromatic N) is 2. The molecule has 1 aromatic rings. The number of aromatic nitrogens is 1. The number of nitrogens with one attached hydrogen (secondary N) is 1. The number of halogens is 1. The molecule has 0 spiro atoms. The van der Waals surface area contributed by atoms with Gasteiger partial charge in [0.25, 0.3) is 0 Å². The molecular weight excluding hydrogens is 254 g/mol. The van der Waals surface area contributed by atoms with E-state index in [9.17, 15) is 0 Å². The zero-order valence-electron chi connectivity index (χ0n) is 8.54. The molecule has 2 heterocycles. The highest BCUT2D eigenvalue weighted by Gasteiger charge is 2.14. The highest BCUT2D eigenvalue weighted by atomic mass is 79.9. The first-order valence-electron chi connectivity index (χ1n) is 5.22. The summed E-state index contributed by atoms with van der Waals surface area (Å²) in [6, 6.07) is 1.95. The molecule has 80 valence electrons. The molecule has 1 aromatic heterocycles. The molecule has 0 aliphatic carbocycles. The number of pyridine rings is 1. The second kappa shape index (κ2) is 4.75. The van der Waals surface area contributed by atoms with E-state index in [1.54, 1.807) is 6.20 Å². The molecule has 15 heavy (non-hydrogen) atoms. The van der Waals surface area contributed by atoms with Crippen molar-refractivity contribution in [1.29, 1.82) is 5.41 Å². The first-order chi connectivity index (χ1) is 7.31. The van der Waals surface area contributed by atoms with Crippen LogP contribution in [-0.2, 0) is 0 Å². The SMILES string of the molecule is N=Cc1cc(Br)cnc1N1CCCCC1. The third-order valence-corrected chi connectivity index (χ3v) is 3.11. The molecule has 4 heteroatoms. The van der Waals surface area contributed by atoms with E-state index < -0.39 is 0 Å². The van der Waals surface area contributed by atoms with Gasteiger partial charge in [0.05, 0.1) is 0 Å². The van der Waals surface area contributed by atoms with E-state index in [4.69, 9.17) is 5.41 Å². The lowest BCUT2D eigenvalue weighted by Crippen LogP contribution is -2.31. The minimum absolute atomic E-state index is 0.895. The molecule has 0 unspecified atom stereocenters. The Labute approximate surface area is 98.1 Å². The number of hydrogen-bond acceptors (Lipinski definition) is 3. The lowest BCUT2D eigenvalue weighted by Gasteiger charge is -2.28. The van der Waals surface area contributed by atoms with Gasteiger partial charge in [0.2, 0.25) is 0 Å². The average Bonchev–Trinajstić information content (AvgIpc) is 2.30. The lowest BCUT2D eigenvalue weighted by atomic mass is 10.1. The normalized spacial score (nSPS) is 16.5. The van der Waals surface area contributed by atoms with E-state index in [-0.39, 0.29) is 0 Å². The molecular formula is C11H14BrN3. The molecule has 0 radical (unpaired) electrons. The van der Waals surface area contributed by atoms with E-state index in [2.05, 4.69) is 25.8 Å². The second-order valence-corrected chi connectivity index (χ2v) is 4.67. The quantitative estimate of drug-likeness (QED) is 0.838. The molecule has 0 atom stereocenters. The number of hydrogen-bond donors (Lipinski definition) is 1. The van der Waals surface area contributed by atoms with E-state index in [1.165, 1.54) is 25.5 Å². The van der Waals surface area contributed by atoms with E-state index in [1.807, 2.05) is 6.07 Å². The molecule has 1 N–H and O–H groups in total. The van der Waals surface area contributed by atoms with Crippen LogP contribution in [-0.4, -0.2) is 24.3 Å². The maximum absolute atomic E-state index is 7.39. The molecule has 0 bridgehead atoms. The molecule has 1 aliphatic heterocycles. The first kappa shape index (κ1) is 10.6. The lowest BCUT2D eigenvalue weighted by molar-refractivity contribution is 0.573. The van der Waals surface area contributed by atoms with E-state index in [0.717, 1.165) is 28.9 Å². The third kappa shape index (κ3) is 2.37. The van der Waals surface area contributed by atoms with Gasteiger partial charge in [-0.1, -0.05) is 0 Å². The van der Waals surface area contributed by atoms with Gasteiger partial charge >= 0.3 is 0 Å². The van der Waals surface area contributed by atoms with Crippen LogP contribution < -0.4 is 4.90 Å². The Morgan fingerprint density at radius 3 is 2.73 bits per heavy atom. The zero-order valence-corrected chi connectivity index (χ0v) is 10.1. The monoisotopic (exact) mass is 267 g/mol. The van der Waals surface area contributed by atoms with Crippen LogP contribution in [0.5, 0.6) is 0 Å². The smallest absolute Gasteiger partial charge is 0.137 e. The Kier molecular flexibility index (Phi) is 3.36. The fraction of sp³-hybridized carbons (Fsp3) is 0.455. The summed E-state index contributed by atoms with van der Waals surface area (Å²) in [5.41, 5.74) is 0.895. The van der Waals surface area contributed by atoms with Gasteiger partial charge in [0.1, 0.15) is 5.82 Å². The van der Waals surface area contributed by atoms with Crippen LogP contribution in [0, 0.1) is 5.41 Å². The standard InChI is InChI=1S/C11H14BrN3/c12-10-6-9(7-13)11(14-8-10)15-4-2-1-3-5-15/h6-8,13H,1-5H2. The highest BCUT2D eigenvalue weighted by molar-refractivity contribution is 9.10. The molecule has 1 saturated heterocycles. The van der Waals surface area contributed by atoms with Gasteiger partial charge in [-0.15, -0.1) is 0 Å². The topological polar surface area (TPSA) is 40.0 Å². The minimum Gasteiger partial charge on any atom is -0.356 e. The summed E-state index contributed by atoms with van der Waals surface area (Å²) in [5.74, 6) is 0.952. The van der Waals surface area contributed by atoms with Crippen molar-refractivity contribution >= 4 is 28.0 Å².